The summed E-state index contributed by atoms with van der Waals surface area (Å²) >= 11 is 0. The molecule has 0 aliphatic heterocycles. The van der Waals surface area contributed by atoms with Crippen LogP contribution in [-0.2, 0) is 9.84 Å². The molecule has 4 nitrogen and oxygen atoms in total. The van der Waals surface area contributed by atoms with Gasteiger partial charge in [-0.25, -0.2) is 8.42 Å². The maximum absolute atomic E-state index is 11.5. The molecule has 0 spiro atoms. The predicted molar refractivity (Wildman–Crippen MR) is 52.0 cm³/mol. The second-order valence-corrected chi connectivity index (χ2v) is 4.85. The number of nitrogens with one attached hydrogen (secondary N) is 1. The van der Waals surface area contributed by atoms with E-state index in [0.717, 1.165) is 5.56 Å². The zero-order chi connectivity index (χ0) is 10.6. The number of hydrogen-bond acceptors (Lipinski definition) is 4. The summed E-state index contributed by atoms with van der Waals surface area (Å²) in [5.41, 5.74) is 0.997. The third kappa shape index (κ3) is 2.47. The highest BCUT2D eigenvalue weighted by molar-refractivity contribution is 7.91. The molecule has 0 saturated carbocycles. The largest absolute Gasteiger partial charge is 0.308 e. The Morgan fingerprint density at radius 2 is 1.93 bits per heavy atom. The Balaban J connectivity index is 2.94. The minimum Gasteiger partial charge on any atom is -0.308 e. The zero-order valence-electron chi connectivity index (χ0n) is 7.69. The van der Waals surface area contributed by atoms with Gasteiger partial charge in [-0.05, 0) is 19.1 Å². The van der Waals surface area contributed by atoms with E-state index in [1.54, 1.807) is 18.3 Å². The van der Waals surface area contributed by atoms with Crippen molar-refractivity contribution in [2.75, 3.05) is 5.88 Å². The highest BCUT2D eigenvalue weighted by atomic mass is 32.2. The zero-order valence-corrected chi connectivity index (χ0v) is 8.50. The van der Waals surface area contributed by atoms with Gasteiger partial charge in [-0.3, -0.25) is 0 Å². The van der Waals surface area contributed by atoms with Crippen molar-refractivity contribution in [2.45, 2.75) is 11.8 Å². The van der Waals surface area contributed by atoms with Gasteiger partial charge in [-0.2, -0.15) is 5.26 Å². The van der Waals surface area contributed by atoms with Gasteiger partial charge in [-0.15, -0.1) is 0 Å². The molecule has 74 valence electrons. The van der Waals surface area contributed by atoms with Gasteiger partial charge in [0.25, 0.3) is 0 Å². The second-order valence-electron chi connectivity index (χ2n) is 2.86. The van der Waals surface area contributed by atoms with Crippen LogP contribution in [-0.4, -0.2) is 14.3 Å². The van der Waals surface area contributed by atoms with Crippen molar-refractivity contribution in [1.82, 2.24) is 5.32 Å². The summed E-state index contributed by atoms with van der Waals surface area (Å²) in [6.45, 7) is 1.88. The van der Waals surface area contributed by atoms with E-state index in [4.69, 9.17) is 5.26 Å². The van der Waals surface area contributed by atoms with E-state index < -0.39 is 9.84 Å². The second kappa shape index (κ2) is 4.11. The minimum atomic E-state index is -3.37. The van der Waals surface area contributed by atoms with Crippen molar-refractivity contribution >= 4 is 9.84 Å². The lowest BCUT2D eigenvalue weighted by atomic mass is 10.2. The maximum Gasteiger partial charge on any atom is 0.196 e. The first-order valence-electron chi connectivity index (χ1n) is 3.97. The molecule has 0 bridgehead atoms. The summed E-state index contributed by atoms with van der Waals surface area (Å²) in [7, 11) is -3.37. The van der Waals surface area contributed by atoms with Crippen molar-refractivity contribution in [1.29, 1.82) is 5.26 Å². The van der Waals surface area contributed by atoms with Crippen LogP contribution >= 0.6 is 0 Å². The van der Waals surface area contributed by atoms with E-state index in [1.165, 1.54) is 12.1 Å². The number of sulfone groups is 1. The fraction of sp³-hybridized carbons (Fsp3) is 0.222. The summed E-state index contributed by atoms with van der Waals surface area (Å²) in [5.74, 6) is -0.355. The van der Waals surface area contributed by atoms with Crippen LogP contribution in [0, 0.1) is 18.4 Å². The lowest BCUT2D eigenvalue weighted by Crippen LogP contribution is -2.18. The molecule has 0 aliphatic rings. The van der Waals surface area contributed by atoms with Gasteiger partial charge in [0, 0.05) is 0 Å². The first-order chi connectivity index (χ1) is 6.56. The molecular formula is C9H10N2O2S. The van der Waals surface area contributed by atoms with E-state index in [2.05, 4.69) is 5.32 Å². The van der Waals surface area contributed by atoms with Gasteiger partial charge in [0.1, 0.15) is 5.88 Å². The van der Waals surface area contributed by atoms with Gasteiger partial charge in [0.15, 0.2) is 16.0 Å². The molecule has 1 rings (SSSR count). The number of benzene rings is 1. The van der Waals surface area contributed by atoms with Crippen molar-refractivity contribution in [2.24, 2.45) is 0 Å². The van der Waals surface area contributed by atoms with Gasteiger partial charge >= 0.3 is 0 Å². The van der Waals surface area contributed by atoms with E-state index in [0.29, 0.717) is 0 Å². The SMILES string of the molecule is Cc1ccc(S(=O)(=O)CNC#N)cc1. The average Bonchev–Trinajstić information content (AvgIpc) is 2.16. The standard InChI is InChI=1S/C9H10N2O2S/c1-8-2-4-9(5-3-8)14(12,13)7-11-6-10/h2-5,11H,7H2,1H3. The Morgan fingerprint density at radius 3 is 2.43 bits per heavy atom. The summed E-state index contributed by atoms with van der Waals surface area (Å²) in [6.07, 6.45) is 1.58. The molecule has 5 heteroatoms. The molecule has 0 radical (unpaired) electrons. The van der Waals surface area contributed by atoms with Crippen molar-refractivity contribution in [3.63, 3.8) is 0 Å². The molecule has 0 aliphatic carbocycles. The molecule has 0 atom stereocenters. The summed E-state index contributed by atoms with van der Waals surface area (Å²) in [4.78, 5) is 0.228. The lowest BCUT2D eigenvalue weighted by molar-refractivity contribution is 0.593. The van der Waals surface area contributed by atoms with E-state index in [-0.39, 0.29) is 10.8 Å². The molecule has 0 aromatic heterocycles. The number of rotatable bonds is 3. The van der Waals surface area contributed by atoms with Crippen LogP contribution in [0.5, 0.6) is 0 Å². The first kappa shape index (κ1) is 10.5. The first-order valence-corrected chi connectivity index (χ1v) is 5.63. The minimum absolute atomic E-state index is 0.228. The third-order valence-electron chi connectivity index (χ3n) is 1.72. The molecule has 0 saturated heterocycles. The van der Waals surface area contributed by atoms with Crippen molar-refractivity contribution in [3.8, 4) is 6.19 Å². The maximum atomic E-state index is 11.5. The van der Waals surface area contributed by atoms with Crippen LogP contribution in [0.3, 0.4) is 0 Å². The van der Waals surface area contributed by atoms with Crippen LogP contribution in [0.4, 0.5) is 0 Å². The summed E-state index contributed by atoms with van der Waals surface area (Å²) in [5, 5.41) is 10.3. The third-order valence-corrected chi connectivity index (χ3v) is 3.24. The number of nitriles is 1. The van der Waals surface area contributed by atoms with E-state index >= 15 is 0 Å². The quantitative estimate of drug-likeness (QED) is 0.591. The topological polar surface area (TPSA) is 70.0 Å². The fourth-order valence-corrected chi connectivity index (χ4v) is 1.93. The summed E-state index contributed by atoms with van der Waals surface area (Å²) < 4.78 is 23.0. The Bertz CT molecular complexity index is 443. The number of nitrogens with zero attached hydrogens (tertiary/aromatic N) is 1. The average molecular weight is 210 g/mol. The Kier molecular flexibility index (Phi) is 3.10. The highest BCUT2D eigenvalue weighted by Gasteiger charge is 2.12. The van der Waals surface area contributed by atoms with Gasteiger partial charge in [0.2, 0.25) is 0 Å². The van der Waals surface area contributed by atoms with Crippen molar-refractivity contribution in [3.05, 3.63) is 29.8 Å². The molecule has 0 fully saturated rings. The molecule has 14 heavy (non-hydrogen) atoms. The Hall–Kier alpha value is -1.54. The van der Waals surface area contributed by atoms with Crippen LogP contribution in [0.15, 0.2) is 29.2 Å². The molecule has 1 aromatic carbocycles. The molecule has 1 N–H and O–H groups in total. The van der Waals surface area contributed by atoms with Gasteiger partial charge < -0.3 is 5.32 Å². The van der Waals surface area contributed by atoms with Crippen LogP contribution in [0.25, 0.3) is 0 Å². The lowest BCUT2D eigenvalue weighted by Gasteiger charge is -2.02. The summed E-state index contributed by atoms with van der Waals surface area (Å²) in [6, 6.07) is 6.51. The van der Waals surface area contributed by atoms with Crippen molar-refractivity contribution < 1.29 is 8.42 Å². The number of hydrogen-bond donors (Lipinski definition) is 1. The van der Waals surface area contributed by atoms with E-state index in [1.807, 2.05) is 6.92 Å². The Morgan fingerprint density at radius 1 is 1.36 bits per heavy atom. The normalized spacial score (nSPS) is 10.6. The van der Waals surface area contributed by atoms with E-state index in [9.17, 15) is 8.42 Å². The van der Waals surface area contributed by atoms with Crippen LogP contribution in [0.2, 0.25) is 0 Å². The smallest absolute Gasteiger partial charge is 0.196 e. The van der Waals surface area contributed by atoms with Crippen LogP contribution < -0.4 is 5.32 Å². The molecule has 0 heterocycles. The molecule has 0 amide bonds. The van der Waals surface area contributed by atoms with Gasteiger partial charge in [0.05, 0.1) is 4.90 Å². The molecule has 1 aromatic rings. The fourth-order valence-electron chi connectivity index (χ4n) is 0.956. The molecule has 0 unspecified atom stereocenters. The van der Waals surface area contributed by atoms with Crippen LogP contribution in [0.1, 0.15) is 5.56 Å². The van der Waals surface area contributed by atoms with Gasteiger partial charge in [-0.1, -0.05) is 17.7 Å². The molecular weight excluding hydrogens is 200 g/mol. The Labute approximate surface area is 83.1 Å². The highest BCUT2D eigenvalue weighted by Crippen LogP contribution is 2.10. The number of aryl methyl sites for hydroxylation is 1. The monoisotopic (exact) mass is 210 g/mol. The predicted octanol–water partition coefficient (Wildman–Crippen LogP) is 0.797.